The Hall–Kier alpha value is -3.81. The van der Waals surface area contributed by atoms with Crippen molar-refractivity contribution in [1.82, 2.24) is 19.9 Å². The number of hydrogen-bond donors (Lipinski definition) is 1. The van der Waals surface area contributed by atoms with Crippen LogP contribution in [0, 0.1) is 11.6 Å². The fourth-order valence-electron chi connectivity index (χ4n) is 4.43. The Bertz CT molecular complexity index is 1300. The van der Waals surface area contributed by atoms with E-state index in [4.69, 9.17) is 0 Å². The number of carbonyl (C=O) groups excluding carboxylic acids is 1. The zero-order valence-electron chi connectivity index (χ0n) is 18.8. The number of amides is 1. The first-order valence-electron chi connectivity index (χ1n) is 11.4. The normalized spacial score (nSPS) is 15.0. The van der Waals surface area contributed by atoms with Crippen molar-refractivity contribution in [2.45, 2.75) is 19.3 Å². The van der Waals surface area contributed by atoms with Crippen LogP contribution in [-0.2, 0) is 4.79 Å². The van der Waals surface area contributed by atoms with Gasteiger partial charge >= 0.3 is 0 Å². The van der Waals surface area contributed by atoms with E-state index in [0.717, 1.165) is 33.7 Å². The molecule has 1 saturated heterocycles. The molecule has 5 rings (SSSR count). The maximum atomic E-state index is 13.3. The molecule has 8 heteroatoms. The highest BCUT2D eigenvalue weighted by atomic mass is 19.1. The fraction of sp³-hybridized carbons (Fsp3) is 0.269. The fourth-order valence-corrected chi connectivity index (χ4v) is 4.43. The Labute approximate surface area is 196 Å². The summed E-state index contributed by atoms with van der Waals surface area (Å²) in [5.41, 5.74) is 3.40. The number of nitrogens with one attached hydrogen (secondary N) is 1. The number of aromatic nitrogens is 3. The number of nitrogens with zero attached hydrogens (tertiary/aromatic N) is 4. The maximum Gasteiger partial charge on any atom is 0.223 e. The number of anilines is 1. The van der Waals surface area contributed by atoms with Gasteiger partial charge in [0.2, 0.25) is 5.91 Å². The molecule has 34 heavy (non-hydrogen) atoms. The highest BCUT2D eigenvalue weighted by molar-refractivity contribution is 5.92. The molecule has 3 heterocycles. The molecule has 2 aromatic carbocycles. The first-order chi connectivity index (χ1) is 16.5. The number of aromatic amines is 1. The average Bonchev–Trinajstić information content (AvgIpc) is 3.29. The molecule has 1 fully saturated rings. The molecule has 174 valence electrons. The van der Waals surface area contributed by atoms with Gasteiger partial charge in [-0.1, -0.05) is 19.1 Å². The van der Waals surface area contributed by atoms with Crippen molar-refractivity contribution in [3.05, 3.63) is 78.1 Å². The predicted molar refractivity (Wildman–Crippen MR) is 128 cm³/mol. The molecule has 0 spiro atoms. The van der Waals surface area contributed by atoms with Crippen LogP contribution in [0.25, 0.3) is 22.3 Å². The van der Waals surface area contributed by atoms with Gasteiger partial charge < -0.3 is 14.8 Å². The van der Waals surface area contributed by atoms with E-state index in [1.807, 2.05) is 17.9 Å². The minimum absolute atomic E-state index is 0.0253. The summed E-state index contributed by atoms with van der Waals surface area (Å²) in [5, 5.41) is 0.895. The Balaban J connectivity index is 1.26. The Morgan fingerprint density at radius 1 is 0.971 bits per heavy atom. The second-order valence-electron chi connectivity index (χ2n) is 8.67. The molecule has 0 unspecified atom stereocenters. The number of halogens is 2. The van der Waals surface area contributed by atoms with Crippen LogP contribution in [0.4, 0.5) is 14.6 Å². The second kappa shape index (κ2) is 9.21. The third-order valence-corrected chi connectivity index (χ3v) is 6.41. The molecule has 0 bridgehead atoms. The van der Waals surface area contributed by atoms with Gasteiger partial charge in [-0.25, -0.2) is 18.7 Å². The summed E-state index contributed by atoms with van der Waals surface area (Å²) < 4.78 is 26.5. The summed E-state index contributed by atoms with van der Waals surface area (Å²) in [7, 11) is 0. The maximum absolute atomic E-state index is 13.3. The lowest BCUT2D eigenvalue weighted by Gasteiger charge is -2.36. The minimum atomic E-state index is -0.278. The lowest BCUT2D eigenvalue weighted by Crippen LogP contribution is -2.49. The number of fused-ring (bicyclic) bond motifs is 1. The van der Waals surface area contributed by atoms with Crippen LogP contribution in [0.15, 0.2) is 60.9 Å². The molecule has 0 radical (unpaired) electrons. The topological polar surface area (TPSA) is 65.1 Å². The van der Waals surface area contributed by atoms with E-state index < -0.39 is 0 Å². The van der Waals surface area contributed by atoms with E-state index in [2.05, 4.69) is 19.9 Å². The largest absolute Gasteiger partial charge is 0.352 e. The Morgan fingerprint density at radius 3 is 2.29 bits per heavy atom. The molecule has 1 amide bonds. The third-order valence-electron chi connectivity index (χ3n) is 6.41. The summed E-state index contributed by atoms with van der Waals surface area (Å²) in [5.74, 6) is 0.396. The van der Waals surface area contributed by atoms with Crippen molar-refractivity contribution in [3.63, 3.8) is 0 Å². The van der Waals surface area contributed by atoms with Crippen molar-refractivity contribution < 1.29 is 13.6 Å². The second-order valence-corrected chi connectivity index (χ2v) is 8.67. The molecule has 2 aromatic heterocycles. The lowest BCUT2D eigenvalue weighted by molar-refractivity contribution is -0.131. The van der Waals surface area contributed by atoms with Gasteiger partial charge in [-0.05, 0) is 59.5 Å². The molecule has 0 aliphatic carbocycles. The molecule has 6 nitrogen and oxygen atoms in total. The van der Waals surface area contributed by atoms with E-state index in [-0.39, 0.29) is 23.5 Å². The van der Waals surface area contributed by atoms with Gasteiger partial charge in [0.05, 0.1) is 5.39 Å². The van der Waals surface area contributed by atoms with E-state index in [1.165, 1.54) is 30.6 Å². The monoisotopic (exact) mass is 461 g/mol. The van der Waals surface area contributed by atoms with Crippen molar-refractivity contribution in [2.75, 3.05) is 31.1 Å². The summed E-state index contributed by atoms with van der Waals surface area (Å²) >= 11 is 0. The van der Waals surface area contributed by atoms with Crippen molar-refractivity contribution in [2.24, 2.45) is 0 Å². The number of benzene rings is 2. The number of H-pyrrole nitrogens is 1. The van der Waals surface area contributed by atoms with Crippen LogP contribution in [0.3, 0.4) is 0 Å². The van der Waals surface area contributed by atoms with Gasteiger partial charge in [0, 0.05) is 38.3 Å². The standard InChI is InChI=1S/C26H25F2N5O/c1-17(18-2-6-20(27)7-3-18)14-24(34)32-10-12-33(13-11-32)26-22-15-23(31-25(22)29-16-30-26)19-4-8-21(28)9-5-19/h2-9,15-17H,10-14H2,1H3,(H,29,30,31)/t17-/m1/s1. The number of hydrogen-bond acceptors (Lipinski definition) is 4. The van der Waals surface area contributed by atoms with Gasteiger partial charge in [0.15, 0.2) is 0 Å². The van der Waals surface area contributed by atoms with Crippen molar-refractivity contribution >= 4 is 22.8 Å². The first-order valence-corrected chi connectivity index (χ1v) is 11.4. The summed E-state index contributed by atoms with van der Waals surface area (Å²) in [6, 6.07) is 14.6. The number of rotatable bonds is 5. The molecule has 0 saturated carbocycles. The molecular weight excluding hydrogens is 436 g/mol. The van der Waals surface area contributed by atoms with E-state index in [9.17, 15) is 13.6 Å². The summed E-state index contributed by atoms with van der Waals surface area (Å²) in [6.45, 7) is 4.54. The van der Waals surface area contributed by atoms with Gasteiger partial charge in [-0.15, -0.1) is 0 Å². The summed E-state index contributed by atoms with van der Waals surface area (Å²) in [6.07, 6.45) is 1.92. The predicted octanol–water partition coefficient (Wildman–Crippen LogP) is 4.75. The van der Waals surface area contributed by atoms with Crippen LogP contribution >= 0.6 is 0 Å². The van der Waals surface area contributed by atoms with Crippen molar-refractivity contribution in [3.8, 4) is 11.3 Å². The Kier molecular flexibility index (Phi) is 5.96. The van der Waals surface area contributed by atoms with E-state index >= 15 is 0 Å². The highest BCUT2D eigenvalue weighted by Gasteiger charge is 2.25. The van der Waals surface area contributed by atoms with E-state index in [1.54, 1.807) is 24.3 Å². The zero-order chi connectivity index (χ0) is 23.7. The molecular formula is C26H25F2N5O. The zero-order valence-corrected chi connectivity index (χ0v) is 18.8. The van der Waals surface area contributed by atoms with Crippen LogP contribution in [0.1, 0.15) is 24.8 Å². The molecule has 1 atom stereocenters. The first kappa shape index (κ1) is 22.0. The average molecular weight is 462 g/mol. The third kappa shape index (κ3) is 4.48. The molecule has 1 aliphatic heterocycles. The van der Waals surface area contributed by atoms with Crippen LogP contribution in [0.5, 0.6) is 0 Å². The van der Waals surface area contributed by atoms with Gasteiger partial charge in [0.1, 0.15) is 29.4 Å². The van der Waals surface area contributed by atoms with Gasteiger partial charge in [0.25, 0.3) is 0 Å². The highest BCUT2D eigenvalue weighted by Crippen LogP contribution is 2.29. The number of carbonyl (C=O) groups is 1. The minimum Gasteiger partial charge on any atom is -0.352 e. The molecule has 4 aromatic rings. The van der Waals surface area contributed by atoms with Gasteiger partial charge in [-0.2, -0.15) is 0 Å². The number of piperazine rings is 1. The lowest BCUT2D eigenvalue weighted by atomic mass is 9.97. The Morgan fingerprint density at radius 2 is 1.62 bits per heavy atom. The smallest absolute Gasteiger partial charge is 0.223 e. The van der Waals surface area contributed by atoms with Crippen molar-refractivity contribution in [1.29, 1.82) is 0 Å². The SMILES string of the molecule is C[C@H](CC(=O)N1CCN(c2ncnc3[nH]c(-c4ccc(F)cc4)cc23)CC1)c1ccc(F)cc1. The van der Waals surface area contributed by atoms with Crippen LogP contribution in [0.2, 0.25) is 0 Å². The van der Waals surface area contributed by atoms with E-state index in [0.29, 0.717) is 32.6 Å². The molecule has 1 aliphatic rings. The van der Waals surface area contributed by atoms with Crippen LogP contribution in [-0.4, -0.2) is 51.9 Å². The van der Waals surface area contributed by atoms with Crippen LogP contribution < -0.4 is 4.90 Å². The quantitative estimate of drug-likeness (QED) is 0.466. The summed E-state index contributed by atoms with van der Waals surface area (Å²) in [4.78, 5) is 29.1. The van der Waals surface area contributed by atoms with Gasteiger partial charge in [-0.3, -0.25) is 4.79 Å². The molecule has 1 N–H and O–H groups in total.